The smallest absolute Gasteiger partial charge is 0.0465 e. The van der Waals surface area contributed by atoms with Crippen molar-refractivity contribution in [3.8, 4) is 33.4 Å². The molecule has 8 aromatic carbocycles. The van der Waals surface area contributed by atoms with Crippen molar-refractivity contribution in [2.45, 2.75) is 33.1 Å². The van der Waals surface area contributed by atoms with E-state index in [9.17, 15) is 0 Å². The van der Waals surface area contributed by atoms with Crippen LogP contribution in [-0.4, -0.2) is 0 Å². The average Bonchev–Trinajstić information content (AvgIpc) is 3.77. The molecule has 10 rings (SSSR count). The molecular formula is C55H47NS. The molecule has 57 heavy (non-hydrogen) atoms. The van der Waals surface area contributed by atoms with Gasteiger partial charge in [-0.3, -0.25) is 0 Å². The topological polar surface area (TPSA) is 3.24 Å². The average molecular weight is 754 g/mol. The second-order valence-corrected chi connectivity index (χ2v) is 15.6. The summed E-state index contributed by atoms with van der Waals surface area (Å²) in [7, 11) is 0. The Morgan fingerprint density at radius 2 is 0.965 bits per heavy atom. The van der Waals surface area contributed by atoms with Gasteiger partial charge in [0.15, 0.2) is 0 Å². The normalized spacial score (nSPS) is 12.1. The molecule has 0 amide bonds. The van der Waals surface area contributed by atoms with E-state index in [0.717, 1.165) is 11.4 Å². The van der Waals surface area contributed by atoms with E-state index in [1.54, 1.807) is 12.2 Å². The first kappa shape index (κ1) is 37.4. The fourth-order valence-corrected chi connectivity index (χ4v) is 9.62. The summed E-state index contributed by atoms with van der Waals surface area (Å²) < 4.78 is 2.68. The molecular weight excluding hydrogens is 707 g/mol. The largest absolute Gasteiger partial charge is 0.310 e. The second-order valence-electron chi connectivity index (χ2n) is 14.6. The molecule has 0 saturated carbocycles. The highest BCUT2D eigenvalue weighted by Gasteiger charge is 2.35. The van der Waals surface area contributed by atoms with Crippen molar-refractivity contribution < 1.29 is 0 Å². The quantitative estimate of drug-likeness (QED) is 0.153. The lowest BCUT2D eigenvalue weighted by Gasteiger charge is -2.28. The van der Waals surface area contributed by atoms with Crippen LogP contribution in [0.15, 0.2) is 201 Å². The molecule has 0 radical (unpaired) electrons. The summed E-state index contributed by atoms with van der Waals surface area (Å²) in [5.41, 5.74) is 13.9. The predicted octanol–water partition coefficient (Wildman–Crippen LogP) is 16.7. The Kier molecular flexibility index (Phi) is 10.5. The van der Waals surface area contributed by atoms with Crippen LogP contribution in [0.25, 0.3) is 64.3 Å². The van der Waals surface area contributed by atoms with Gasteiger partial charge >= 0.3 is 0 Å². The van der Waals surface area contributed by atoms with Crippen LogP contribution in [-0.2, 0) is 5.41 Å². The highest BCUT2D eigenvalue weighted by atomic mass is 32.1. The summed E-state index contributed by atoms with van der Waals surface area (Å²) in [6, 6.07) is 64.7. The van der Waals surface area contributed by atoms with E-state index >= 15 is 0 Å². The Morgan fingerprint density at radius 1 is 0.439 bits per heavy atom. The summed E-state index contributed by atoms with van der Waals surface area (Å²) in [5, 5.41) is 5.20. The first-order valence-corrected chi connectivity index (χ1v) is 20.7. The highest BCUT2D eigenvalue weighted by Crippen LogP contribution is 2.51. The minimum Gasteiger partial charge on any atom is -0.310 e. The molecule has 0 unspecified atom stereocenters. The third-order valence-corrected chi connectivity index (χ3v) is 12.3. The van der Waals surface area contributed by atoms with Gasteiger partial charge in [0.05, 0.1) is 0 Å². The van der Waals surface area contributed by atoms with Crippen molar-refractivity contribution in [3.63, 3.8) is 0 Å². The number of thiophene rings is 1. The number of nitrogens with zero attached hydrogens (tertiary/aromatic N) is 1. The Labute approximate surface area is 341 Å². The molecule has 0 saturated heterocycles. The van der Waals surface area contributed by atoms with Crippen LogP contribution in [0.4, 0.5) is 17.1 Å². The number of benzene rings is 8. The van der Waals surface area contributed by atoms with Crippen molar-refractivity contribution in [2.75, 3.05) is 4.90 Å². The zero-order chi connectivity index (χ0) is 39.5. The molecule has 0 bridgehead atoms. The number of fused-ring (bicyclic) bond motifs is 7. The maximum Gasteiger partial charge on any atom is 0.0465 e. The molecule has 1 heterocycles. The molecule has 1 aliphatic rings. The third-order valence-electron chi connectivity index (χ3n) is 11.1. The molecule has 9 aromatic rings. The monoisotopic (exact) mass is 753 g/mol. The lowest BCUT2D eigenvalue weighted by atomic mass is 9.82. The van der Waals surface area contributed by atoms with Gasteiger partial charge in [-0.2, -0.15) is 0 Å². The maximum absolute atomic E-state index is 3.36. The van der Waals surface area contributed by atoms with Crippen molar-refractivity contribution in [1.82, 2.24) is 0 Å². The first-order chi connectivity index (χ1) is 28.0. The molecule has 0 N–H and O–H groups in total. The summed E-state index contributed by atoms with van der Waals surface area (Å²) in [6.07, 6.45) is 3.28. The minimum atomic E-state index is -0.0656. The van der Waals surface area contributed by atoms with Crippen LogP contribution in [0.5, 0.6) is 0 Å². The molecule has 2 heteroatoms. The van der Waals surface area contributed by atoms with Gasteiger partial charge in [0.2, 0.25) is 0 Å². The van der Waals surface area contributed by atoms with Gasteiger partial charge in [-0.1, -0.05) is 186 Å². The Bertz CT molecular complexity index is 2870. The van der Waals surface area contributed by atoms with Crippen LogP contribution < -0.4 is 4.90 Å². The number of hydrogen-bond acceptors (Lipinski definition) is 2. The van der Waals surface area contributed by atoms with Crippen molar-refractivity contribution in [2.24, 2.45) is 0 Å². The van der Waals surface area contributed by atoms with Gasteiger partial charge in [0.25, 0.3) is 0 Å². The predicted molar refractivity (Wildman–Crippen MR) is 252 cm³/mol. The first-order valence-electron chi connectivity index (χ1n) is 19.8. The third kappa shape index (κ3) is 6.67. The van der Waals surface area contributed by atoms with E-state index < -0.39 is 0 Å². The van der Waals surface area contributed by atoms with Crippen LogP contribution in [0.1, 0.15) is 38.8 Å². The summed E-state index contributed by atoms with van der Waals surface area (Å²) in [6.45, 7) is 15.4. The van der Waals surface area contributed by atoms with E-state index in [4.69, 9.17) is 0 Å². The standard InChI is InChI=1S/C49H35NS.C4H6.C2H6/c1-49(2)45-21-10-8-17-40(45)41-28-27-35(31-46(41)49)50(33-13-4-3-5-14-33)34-25-23-32(24-26-34)36-29-30-39(38-16-7-6-15-37(36)38)43-19-12-20-44-42-18-9-11-22-47(42)51-48(43)44;1-3-4-2;1-2/h3-31H,1-2H3;3-4H,1-2H2;1-2H3. The molecule has 1 aliphatic carbocycles. The van der Waals surface area contributed by atoms with E-state index in [1.165, 1.54) is 81.1 Å². The van der Waals surface area contributed by atoms with Gasteiger partial charge in [-0.25, -0.2) is 0 Å². The van der Waals surface area contributed by atoms with E-state index in [2.05, 4.69) is 208 Å². The van der Waals surface area contributed by atoms with Crippen molar-refractivity contribution in [1.29, 1.82) is 0 Å². The lowest BCUT2D eigenvalue weighted by molar-refractivity contribution is 0.660. The Balaban J connectivity index is 0.000000716. The molecule has 0 atom stereocenters. The van der Waals surface area contributed by atoms with E-state index in [1.807, 2.05) is 25.2 Å². The molecule has 1 aromatic heterocycles. The van der Waals surface area contributed by atoms with Gasteiger partial charge in [-0.05, 0) is 92.2 Å². The van der Waals surface area contributed by atoms with E-state index in [-0.39, 0.29) is 5.41 Å². The summed E-state index contributed by atoms with van der Waals surface area (Å²) in [5.74, 6) is 0. The number of hydrogen-bond donors (Lipinski definition) is 0. The maximum atomic E-state index is 3.36. The summed E-state index contributed by atoms with van der Waals surface area (Å²) in [4.78, 5) is 2.38. The number of para-hydroxylation sites is 1. The van der Waals surface area contributed by atoms with Crippen LogP contribution in [0.3, 0.4) is 0 Å². The van der Waals surface area contributed by atoms with Crippen LogP contribution in [0.2, 0.25) is 0 Å². The molecule has 278 valence electrons. The zero-order valence-electron chi connectivity index (χ0n) is 33.2. The van der Waals surface area contributed by atoms with Crippen LogP contribution >= 0.6 is 11.3 Å². The lowest BCUT2D eigenvalue weighted by Crippen LogP contribution is -2.16. The SMILES string of the molecule is C=CC=C.CC.CC1(C)c2ccccc2-c2ccc(N(c3ccccc3)c3ccc(-c4ccc(-c5cccc6c5sc5ccccc56)c5ccccc45)cc3)cc21. The van der Waals surface area contributed by atoms with Gasteiger partial charge in [-0.15, -0.1) is 11.3 Å². The van der Waals surface area contributed by atoms with Gasteiger partial charge in [0.1, 0.15) is 0 Å². The fourth-order valence-electron chi connectivity index (χ4n) is 8.39. The highest BCUT2D eigenvalue weighted by molar-refractivity contribution is 7.26. The molecule has 0 fully saturated rings. The fraction of sp³-hybridized carbons (Fsp3) is 0.0909. The second kappa shape index (κ2) is 15.9. The Morgan fingerprint density at radius 3 is 1.70 bits per heavy atom. The molecule has 1 nitrogen and oxygen atoms in total. The summed E-state index contributed by atoms with van der Waals surface area (Å²) >= 11 is 1.89. The molecule has 0 spiro atoms. The zero-order valence-corrected chi connectivity index (χ0v) is 34.0. The van der Waals surface area contributed by atoms with Crippen molar-refractivity contribution >= 4 is 59.3 Å². The van der Waals surface area contributed by atoms with Crippen molar-refractivity contribution in [3.05, 3.63) is 212 Å². The van der Waals surface area contributed by atoms with Crippen LogP contribution in [0, 0.1) is 0 Å². The van der Waals surface area contributed by atoms with Gasteiger partial charge in [0, 0.05) is 48.2 Å². The minimum absolute atomic E-state index is 0.0656. The number of rotatable bonds is 6. The number of allylic oxidation sites excluding steroid dienone is 2. The van der Waals surface area contributed by atoms with E-state index in [0.29, 0.717) is 0 Å². The number of anilines is 3. The Hall–Kier alpha value is -6.48. The van der Waals surface area contributed by atoms with Gasteiger partial charge < -0.3 is 4.90 Å². The molecule has 0 aliphatic heterocycles.